The SMILES string of the molecule is CC(C)NC(=O)[C@H]1COC2(CCCCC2)N1C(=O)c1cccc(F)c1. The molecule has 136 valence electrons. The highest BCUT2D eigenvalue weighted by Crippen LogP contribution is 2.41. The molecular formula is C19H25FN2O3. The Balaban J connectivity index is 1.94. The number of benzene rings is 1. The zero-order chi connectivity index (χ0) is 18.0. The second-order valence-corrected chi connectivity index (χ2v) is 7.18. The molecule has 0 unspecified atom stereocenters. The van der Waals surface area contributed by atoms with Gasteiger partial charge in [0.05, 0.1) is 6.61 Å². The van der Waals surface area contributed by atoms with E-state index < -0.39 is 17.6 Å². The van der Waals surface area contributed by atoms with Crippen molar-refractivity contribution in [2.75, 3.05) is 6.61 Å². The van der Waals surface area contributed by atoms with Crippen LogP contribution in [0.1, 0.15) is 56.3 Å². The van der Waals surface area contributed by atoms with Crippen LogP contribution in [0, 0.1) is 5.82 Å². The topological polar surface area (TPSA) is 58.6 Å². The van der Waals surface area contributed by atoms with Crippen molar-refractivity contribution in [3.05, 3.63) is 35.6 Å². The summed E-state index contributed by atoms with van der Waals surface area (Å²) in [4.78, 5) is 27.4. The zero-order valence-electron chi connectivity index (χ0n) is 14.8. The Morgan fingerprint density at radius 2 is 2.00 bits per heavy atom. The number of carbonyl (C=O) groups excluding carboxylic acids is 2. The summed E-state index contributed by atoms with van der Waals surface area (Å²) in [7, 11) is 0. The summed E-state index contributed by atoms with van der Waals surface area (Å²) in [6, 6.07) is 4.90. The van der Waals surface area contributed by atoms with E-state index in [2.05, 4.69) is 5.32 Å². The maximum Gasteiger partial charge on any atom is 0.256 e. The highest BCUT2D eigenvalue weighted by Gasteiger charge is 2.53. The fourth-order valence-electron chi connectivity index (χ4n) is 3.81. The summed E-state index contributed by atoms with van der Waals surface area (Å²) in [6.07, 6.45) is 4.41. The molecule has 6 heteroatoms. The van der Waals surface area contributed by atoms with Crippen LogP contribution in [0.25, 0.3) is 0 Å². The first kappa shape index (κ1) is 17.9. The van der Waals surface area contributed by atoms with Crippen LogP contribution in [0.15, 0.2) is 24.3 Å². The Morgan fingerprint density at radius 3 is 2.64 bits per heavy atom. The van der Waals surface area contributed by atoms with Gasteiger partial charge >= 0.3 is 0 Å². The molecule has 0 aromatic heterocycles. The van der Waals surface area contributed by atoms with Gasteiger partial charge < -0.3 is 10.1 Å². The molecule has 2 amide bonds. The van der Waals surface area contributed by atoms with Gasteiger partial charge in [-0.25, -0.2) is 4.39 Å². The molecular weight excluding hydrogens is 323 g/mol. The van der Waals surface area contributed by atoms with Gasteiger partial charge in [0.2, 0.25) is 5.91 Å². The molecule has 1 aliphatic heterocycles. The van der Waals surface area contributed by atoms with Gasteiger partial charge in [0.1, 0.15) is 17.6 Å². The molecule has 1 aliphatic carbocycles. The lowest BCUT2D eigenvalue weighted by atomic mass is 9.89. The largest absolute Gasteiger partial charge is 0.353 e. The first-order valence-corrected chi connectivity index (χ1v) is 8.96. The van der Waals surface area contributed by atoms with E-state index in [0.29, 0.717) is 12.8 Å². The summed E-state index contributed by atoms with van der Waals surface area (Å²) >= 11 is 0. The van der Waals surface area contributed by atoms with Crippen molar-refractivity contribution >= 4 is 11.8 Å². The second-order valence-electron chi connectivity index (χ2n) is 7.18. The van der Waals surface area contributed by atoms with E-state index >= 15 is 0 Å². The summed E-state index contributed by atoms with van der Waals surface area (Å²) in [5.41, 5.74) is -0.501. The van der Waals surface area contributed by atoms with Gasteiger partial charge in [-0.1, -0.05) is 12.5 Å². The molecule has 0 bridgehead atoms. The molecule has 1 atom stereocenters. The average molecular weight is 348 g/mol. The van der Waals surface area contributed by atoms with Gasteiger partial charge in [-0.3, -0.25) is 14.5 Å². The quantitative estimate of drug-likeness (QED) is 0.914. The van der Waals surface area contributed by atoms with E-state index in [1.807, 2.05) is 13.8 Å². The Hall–Kier alpha value is -1.95. The van der Waals surface area contributed by atoms with Gasteiger partial charge in [-0.2, -0.15) is 0 Å². The van der Waals surface area contributed by atoms with Gasteiger partial charge in [0.25, 0.3) is 5.91 Å². The minimum Gasteiger partial charge on any atom is -0.353 e. The Labute approximate surface area is 147 Å². The molecule has 1 N–H and O–H groups in total. The first-order chi connectivity index (χ1) is 11.9. The Morgan fingerprint density at radius 1 is 1.28 bits per heavy atom. The number of halogens is 1. The molecule has 0 radical (unpaired) electrons. The summed E-state index contributed by atoms with van der Waals surface area (Å²) in [5.74, 6) is -1.03. The van der Waals surface area contributed by atoms with Gasteiger partial charge in [0.15, 0.2) is 0 Å². The van der Waals surface area contributed by atoms with Crippen LogP contribution in [0.3, 0.4) is 0 Å². The molecule has 1 heterocycles. The molecule has 5 nitrogen and oxygen atoms in total. The number of ether oxygens (including phenoxy) is 1. The second kappa shape index (κ2) is 7.12. The van der Waals surface area contributed by atoms with Gasteiger partial charge in [-0.05, 0) is 57.7 Å². The van der Waals surface area contributed by atoms with Crippen molar-refractivity contribution in [1.82, 2.24) is 10.2 Å². The maximum atomic E-state index is 13.6. The third-order valence-electron chi connectivity index (χ3n) is 4.92. The van der Waals surface area contributed by atoms with E-state index in [-0.39, 0.29) is 30.0 Å². The van der Waals surface area contributed by atoms with Crippen molar-refractivity contribution in [3.8, 4) is 0 Å². The maximum absolute atomic E-state index is 13.6. The lowest BCUT2D eigenvalue weighted by molar-refractivity contribution is -0.127. The summed E-state index contributed by atoms with van der Waals surface area (Å²) in [6.45, 7) is 3.94. The van der Waals surface area contributed by atoms with Crippen LogP contribution in [0.4, 0.5) is 4.39 Å². The highest BCUT2D eigenvalue weighted by atomic mass is 19.1. The Bertz CT molecular complexity index is 656. The average Bonchev–Trinajstić information content (AvgIpc) is 2.93. The Kier molecular flexibility index (Phi) is 5.08. The summed E-state index contributed by atoms with van der Waals surface area (Å²) < 4.78 is 19.6. The number of amides is 2. The third-order valence-corrected chi connectivity index (χ3v) is 4.92. The third kappa shape index (κ3) is 3.54. The van der Waals surface area contributed by atoms with E-state index in [1.54, 1.807) is 11.0 Å². The van der Waals surface area contributed by atoms with Gasteiger partial charge in [-0.15, -0.1) is 0 Å². The number of rotatable bonds is 3. The van der Waals surface area contributed by atoms with Crippen LogP contribution in [0.2, 0.25) is 0 Å². The van der Waals surface area contributed by atoms with Gasteiger partial charge in [0, 0.05) is 11.6 Å². The molecule has 1 aromatic carbocycles. The number of hydrogen-bond donors (Lipinski definition) is 1. The van der Waals surface area contributed by atoms with Crippen LogP contribution < -0.4 is 5.32 Å². The smallest absolute Gasteiger partial charge is 0.256 e. The minimum absolute atomic E-state index is 0.0264. The molecule has 25 heavy (non-hydrogen) atoms. The zero-order valence-corrected chi connectivity index (χ0v) is 14.8. The fraction of sp³-hybridized carbons (Fsp3) is 0.579. The van der Waals surface area contributed by atoms with Crippen molar-refractivity contribution in [2.24, 2.45) is 0 Å². The van der Waals surface area contributed by atoms with Crippen molar-refractivity contribution < 1.29 is 18.7 Å². The monoisotopic (exact) mass is 348 g/mol. The van der Waals surface area contributed by atoms with E-state index in [4.69, 9.17) is 4.74 Å². The highest BCUT2D eigenvalue weighted by molar-refractivity contribution is 5.98. The van der Waals surface area contributed by atoms with Crippen molar-refractivity contribution in [3.63, 3.8) is 0 Å². The number of nitrogens with one attached hydrogen (secondary N) is 1. The molecule has 3 rings (SSSR count). The predicted octanol–water partition coefficient (Wildman–Crippen LogP) is 2.85. The predicted molar refractivity (Wildman–Crippen MR) is 91.4 cm³/mol. The standard InChI is InChI=1S/C19H25FN2O3/c1-13(2)21-17(23)16-12-25-19(9-4-3-5-10-19)22(16)18(24)14-7-6-8-15(20)11-14/h6-8,11,13,16H,3-5,9-10,12H2,1-2H3,(H,21,23)/t16-/m1/s1. The van der Waals surface area contributed by atoms with E-state index in [1.165, 1.54) is 18.2 Å². The van der Waals surface area contributed by atoms with E-state index in [9.17, 15) is 14.0 Å². The fourth-order valence-corrected chi connectivity index (χ4v) is 3.81. The first-order valence-electron chi connectivity index (χ1n) is 8.96. The number of hydrogen-bond acceptors (Lipinski definition) is 3. The van der Waals surface area contributed by atoms with Crippen molar-refractivity contribution in [1.29, 1.82) is 0 Å². The minimum atomic E-state index is -0.749. The summed E-state index contributed by atoms with van der Waals surface area (Å²) in [5, 5.41) is 2.87. The van der Waals surface area contributed by atoms with Crippen LogP contribution in [0.5, 0.6) is 0 Å². The van der Waals surface area contributed by atoms with Crippen LogP contribution in [-0.4, -0.2) is 41.1 Å². The van der Waals surface area contributed by atoms with Crippen LogP contribution in [-0.2, 0) is 9.53 Å². The molecule has 2 fully saturated rings. The number of carbonyl (C=O) groups is 2. The lowest BCUT2D eigenvalue weighted by Crippen LogP contribution is -2.57. The lowest BCUT2D eigenvalue weighted by Gasteiger charge is -2.41. The van der Waals surface area contributed by atoms with Crippen molar-refractivity contribution in [2.45, 2.75) is 63.8 Å². The number of nitrogens with zero attached hydrogens (tertiary/aromatic N) is 1. The molecule has 1 saturated carbocycles. The molecule has 1 saturated heterocycles. The molecule has 1 spiro atoms. The van der Waals surface area contributed by atoms with Crippen LogP contribution >= 0.6 is 0 Å². The molecule has 1 aromatic rings. The normalized spacial score (nSPS) is 22.4. The molecule has 2 aliphatic rings. The van der Waals surface area contributed by atoms with E-state index in [0.717, 1.165) is 19.3 Å².